The first kappa shape index (κ1) is 16.1. The van der Waals surface area contributed by atoms with E-state index in [0.717, 1.165) is 0 Å². The summed E-state index contributed by atoms with van der Waals surface area (Å²) in [6.07, 6.45) is -0.663. The van der Waals surface area contributed by atoms with Crippen molar-refractivity contribution in [3.05, 3.63) is 34.9 Å². The van der Waals surface area contributed by atoms with Crippen molar-refractivity contribution in [1.82, 2.24) is 5.32 Å². The van der Waals surface area contributed by atoms with E-state index in [0.29, 0.717) is 10.6 Å². The van der Waals surface area contributed by atoms with E-state index < -0.39 is 17.7 Å². The zero-order chi connectivity index (χ0) is 15.3. The van der Waals surface area contributed by atoms with Crippen LogP contribution >= 0.6 is 11.6 Å². The highest BCUT2D eigenvalue weighted by molar-refractivity contribution is 6.30. The lowest BCUT2D eigenvalue weighted by Gasteiger charge is -2.23. The molecule has 0 aliphatic heterocycles. The molecule has 0 aliphatic carbocycles. The van der Waals surface area contributed by atoms with Crippen LogP contribution in [0.4, 0.5) is 4.79 Å². The van der Waals surface area contributed by atoms with Crippen LogP contribution in [-0.4, -0.2) is 22.7 Å². The summed E-state index contributed by atoms with van der Waals surface area (Å²) < 4.78 is 5.14. The van der Waals surface area contributed by atoms with Gasteiger partial charge in [0.05, 0.1) is 0 Å². The summed E-state index contributed by atoms with van der Waals surface area (Å²) in [4.78, 5) is 11.8. The van der Waals surface area contributed by atoms with Crippen LogP contribution in [-0.2, 0) is 4.74 Å². The molecule has 0 heterocycles. The van der Waals surface area contributed by atoms with Crippen LogP contribution in [0.1, 0.15) is 32.4 Å². The van der Waals surface area contributed by atoms with E-state index in [2.05, 4.69) is 10.5 Å². The van der Waals surface area contributed by atoms with E-state index in [1.165, 1.54) is 0 Å². The molecular formula is C13H18ClN3O3. The Balaban J connectivity index is 2.91. The molecule has 0 fully saturated rings. The van der Waals surface area contributed by atoms with Crippen molar-refractivity contribution < 1.29 is 14.7 Å². The van der Waals surface area contributed by atoms with Gasteiger partial charge in [0.25, 0.3) is 0 Å². The average Bonchev–Trinajstić information content (AvgIpc) is 2.34. The lowest BCUT2D eigenvalue weighted by atomic mass is 10.1. The molecule has 110 valence electrons. The number of nitrogens with two attached hydrogens (primary N) is 1. The summed E-state index contributed by atoms with van der Waals surface area (Å²) in [6.45, 7) is 5.23. The van der Waals surface area contributed by atoms with E-state index in [4.69, 9.17) is 27.3 Å². The van der Waals surface area contributed by atoms with Gasteiger partial charge in [-0.2, -0.15) is 0 Å². The van der Waals surface area contributed by atoms with Gasteiger partial charge in [-0.05, 0) is 38.5 Å². The predicted molar refractivity (Wildman–Crippen MR) is 77.0 cm³/mol. The molecule has 1 unspecified atom stereocenters. The first-order valence-corrected chi connectivity index (χ1v) is 6.33. The summed E-state index contributed by atoms with van der Waals surface area (Å²) >= 11 is 5.80. The van der Waals surface area contributed by atoms with Gasteiger partial charge in [-0.15, -0.1) is 0 Å². The quantitative estimate of drug-likeness (QED) is 0.346. The fraction of sp³-hybridized carbons (Fsp3) is 0.385. The molecule has 0 saturated carbocycles. The monoisotopic (exact) mass is 299 g/mol. The Labute approximate surface area is 122 Å². The number of benzene rings is 1. The molecule has 4 N–H and O–H groups in total. The number of ether oxygens (including phenoxy) is 1. The number of nitrogens with zero attached hydrogens (tertiary/aromatic N) is 1. The third kappa shape index (κ3) is 4.97. The number of carbonyl (C=O) groups is 1. The summed E-state index contributed by atoms with van der Waals surface area (Å²) in [7, 11) is 0. The van der Waals surface area contributed by atoms with Gasteiger partial charge in [0, 0.05) is 5.02 Å². The standard InChI is InChI=1S/C13H18ClN3O3/c1-13(2,3)20-12(18)16-10(11(15)17-19)8-4-6-9(14)7-5-8/h4-7,10,19H,1-3H3,(H2,15,17)(H,16,18). The second-order valence-electron chi connectivity index (χ2n) is 5.16. The Morgan fingerprint density at radius 1 is 1.40 bits per heavy atom. The van der Waals surface area contributed by atoms with Crippen molar-refractivity contribution in [3.8, 4) is 0 Å². The van der Waals surface area contributed by atoms with Crippen LogP contribution in [0.5, 0.6) is 0 Å². The summed E-state index contributed by atoms with van der Waals surface area (Å²) in [5.41, 5.74) is 5.58. The van der Waals surface area contributed by atoms with Gasteiger partial charge < -0.3 is 21.0 Å². The second kappa shape index (κ2) is 6.47. The molecule has 1 aromatic rings. The second-order valence-corrected chi connectivity index (χ2v) is 5.59. The maximum atomic E-state index is 11.8. The first-order valence-electron chi connectivity index (χ1n) is 5.95. The molecule has 0 aromatic heterocycles. The normalized spacial score (nSPS) is 13.7. The van der Waals surface area contributed by atoms with E-state index in [9.17, 15) is 4.79 Å². The van der Waals surface area contributed by atoms with Crippen molar-refractivity contribution >= 4 is 23.5 Å². The molecule has 0 spiro atoms. The minimum Gasteiger partial charge on any atom is -0.444 e. The van der Waals surface area contributed by atoms with Gasteiger partial charge in [0.15, 0.2) is 5.84 Å². The Morgan fingerprint density at radius 3 is 2.40 bits per heavy atom. The number of oxime groups is 1. The van der Waals surface area contributed by atoms with Gasteiger partial charge in [0.1, 0.15) is 11.6 Å². The van der Waals surface area contributed by atoms with E-state index in [1.807, 2.05) is 0 Å². The fourth-order valence-corrected chi connectivity index (χ4v) is 1.59. The Bertz CT molecular complexity index is 495. The minimum atomic E-state index is -0.799. The largest absolute Gasteiger partial charge is 0.444 e. The molecule has 1 amide bonds. The van der Waals surface area contributed by atoms with Crippen LogP contribution in [0, 0.1) is 0 Å². The number of amides is 1. The zero-order valence-electron chi connectivity index (χ0n) is 11.6. The van der Waals surface area contributed by atoms with Gasteiger partial charge in [-0.1, -0.05) is 28.9 Å². The Hall–Kier alpha value is -1.95. The van der Waals surface area contributed by atoms with Crippen LogP contribution in [0.15, 0.2) is 29.4 Å². The molecule has 1 rings (SSSR count). The van der Waals surface area contributed by atoms with Crippen LogP contribution in [0.2, 0.25) is 5.02 Å². The third-order valence-corrected chi connectivity index (χ3v) is 2.53. The van der Waals surface area contributed by atoms with Gasteiger partial charge in [-0.25, -0.2) is 4.79 Å². The number of amidine groups is 1. The van der Waals surface area contributed by atoms with Crippen molar-refractivity contribution in [2.45, 2.75) is 32.4 Å². The van der Waals surface area contributed by atoms with Gasteiger partial charge in [0.2, 0.25) is 0 Å². The topological polar surface area (TPSA) is 96.9 Å². The molecule has 0 saturated heterocycles. The summed E-state index contributed by atoms with van der Waals surface area (Å²) in [6, 6.07) is 5.83. The molecule has 0 aliphatic rings. The van der Waals surface area contributed by atoms with Crippen LogP contribution in [0.25, 0.3) is 0 Å². The van der Waals surface area contributed by atoms with Crippen molar-refractivity contribution in [2.75, 3.05) is 0 Å². The van der Waals surface area contributed by atoms with Crippen molar-refractivity contribution in [3.63, 3.8) is 0 Å². The maximum absolute atomic E-state index is 11.8. The maximum Gasteiger partial charge on any atom is 0.408 e. The number of halogens is 1. The minimum absolute atomic E-state index is 0.154. The molecule has 0 bridgehead atoms. The number of carbonyl (C=O) groups excluding carboxylic acids is 1. The van der Waals surface area contributed by atoms with E-state index >= 15 is 0 Å². The van der Waals surface area contributed by atoms with Crippen molar-refractivity contribution in [1.29, 1.82) is 0 Å². The fourth-order valence-electron chi connectivity index (χ4n) is 1.47. The molecule has 1 atom stereocenters. The highest BCUT2D eigenvalue weighted by Gasteiger charge is 2.23. The van der Waals surface area contributed by atoms with E-state index in [-0.39, 0.29) is 5.84 Å². The highest BCUT2D eigenvalue weighted by atomic mass is 35.5. The van der Waals surface area contributed by atoms with Gasteiger partial charge >= 0.3 is 6.09 Å². The smallest absolute Gasteiger partial charge is 0.408 e. The molecule has 1 aromatic carbocycles. The molecule has 7 heteroatoms. The highest BCUT2D eigenvalue weighted by Crippen LogP contribution is 2.18. The molecule has 6 nitrogen and oxygen atoms in total. The van der Waals surface area contributed by atoms with Crippen LogP contribution in [0.3, 0.4) is 0 Å². The third-order valence-electron chi connectivity index (χ3n) is 2.28. The Morgan fingerprint density at radius 2 is 1.95 bits per heavy atom. The average molecular weight is 300 g/mol. The Kier molecular flexibility index (Phi) is 5.21. The summed E-state index contributed by atoms with van der Waals surface area (Å²) in [5, 5.41) is 14.8. The lowest BCUT2D eigenvalue weighted by Crippen LogP contribution is -2.40. The number of alkyl carbamates (subject to hydrolysis) is 1. The number of hydrogen-bond acceptors (Lipinski definition) is 4. The summed E-state index contributed by atoms with van der Waals surface area (Å²) in [5.74, 6) is -0.154. The zero-order valence-corrected chi connectivity index (χ0v) is 12.3. The van der Waals surface area contributed by atoms with Crippen LogP contribution < -0.4 is 11.1 Å². The predicted octanol–water partition coefficient (Wildman–Crippen LogP) is 2.65. The number of nitrogens with one attached hydrogen (secondary N) is 1. The molecule has 0 radical (unpaired) electrons. The van der Waals surface area contributed by atoms with E-state index in [1.54, 1.807) is 45.0 Å². The molecular weight excluding hydrogens is 282 g/mol. The van der Waals surface area contributed by atoms with Crippen molar-refractivity contribution in [2.24, 2.45) is 10.9 Å². The molecule has 20 heavy (non-hydrogen) atoms. The SMILES string of the molecule is CC(C)(C)OC(=O)NC(/C(N)=N/O)c1ccc(Cl)cc1. The lowest BCUT2D eigenvalue weighted by molar-refractivity contribution is 0.0517. The first-order chi connectivity index (χ1) is 9.23. The number of rotatable bonds is 3. The van der Waals surface area contributed by atoms with Gasteiger partial charge in [-0.3, -0.25) is 0 Å². The number of hydrogen-bond donors (Lipinski definition) is 3.